The van der Waals surface area contributed by atoms with Crippen LogP contribution in [0.1, 0.15) is 33.3 Å². The minimum absolute atomic E-state index is 0.229. The monoisotopic (exact) mass is 375 g/mol. The first-order chi connectivity index (χ1) is 12.6. The minimum Gasteiger partial charge on any atom is -0.480 e. The van der Waals surface area contributed by atoms with Gasteiger partial charge in [-0.1, -0.05) is 13.8 Å². The first-order valence-corrected chi connectivity index (χ1v) is 8.87. The second kappa shape index (κ2) is 6.84. The SMILES string of the molecule is COc1c(Nc2nn(C)c3cc(C(C)(C)O)c(F)cc23)cnn1CC(C)C. The van der Waals surface area contributed by atoms with Crippen LogP contribution in [0.25, 0.3) is 10.9 Å². The molecule has 0 atom stereocenters. The highest BCUT2D eigenvalue weighted by molar-refractivity contribution is 5.93. The summed E-state index contributed by atoms with van der Waals surface area (Å²) in [6.07, 6.45) is 1.67. The number of rotatable bonds is 6. The number of aryl methyl sites for hydroxylation is 1. The zero-order valence-corrected chi connectivity index (χ0v) is 16.5. The van der Waals surface area contributed by atoms with Crippen molar-refractivity contribution < 1.29 is 14.2 Å². The number of methoxy groups -OCH3 is 1. The third-order valence-corrected chi connectivity index (χ3v) is 4.37. The van der Waals surface area contributed by atoms with Crippen LogP contribution < -0.4 is 10.1 Å². The first-order valence-electron chi connectivity index (χ1n) is 8.87. The zero-order chi connectivity index (χ0) is 19.9. The van der Waals surface area contributed by atoms with E-state index in [1.54, 1.807) is 49.6 Å². The van der Waals surface area contributed by atoms with Crippen molar-refractivity contribution >= 4 is 22.4 Å². The first kappa shape index (κ1) is 19.2. The van der Waals surface area contributed by atoms with Crippen LogP contribution >= 0.6 is 0 Å². The van der Waals surface area contributed by atoms with E-state index in [4.69, 9.17) is 4.74 Å². The van der Waals surface area contributed by atoms with Gasteiger partial charge in [0.05, 0.1) is 24.4 Å². The lowest BCUT2D eigenvalue weighted by Gasteiger charge is -2.18. The van der Waals surface area contributed by atoms with Crippen LogP contribution in [-0.2, 0) is 19.2 Å². The molecule has 2 heterocycles. The lowest BCUT2D eigenvalue weighted by Crippen LogP contribution is -2.17. The molecule has 27 heavy (non-hydrogen) atoms. The topological polar surface area (TPSA) is 77.1 Å². The van der Waals surface area contributed by atoms with E-state index in [2.05, 4.69) is 29.4 Å². The van der Waals surface area contributed by atoms with Crippen molar-refractivity contribution in [3.63, 3.8) is 0 Å². The number of nitrogens with zero attached hydrogens (tertiary/aromatic N) is 4. The van der Waals surface area contributed by atoms with E-state index >= 15 is 0 Å². The van der Waals surface area contributed by atoms with Gasteiger partial charge in [-0.05, 0) is 31.9 Å². The standard InChI is InChI=1S/C19H26FN5O2/c1-11(2)10-25-18(27-6)15(9-21-25)22-17-12-7-14(20)13(19(3,4)26)8-16(12)24(5)23-17/h7-9,11,26H,10H2,1-6H3,(H,22,23). The van der Waals surface area contributed by atoms with E-state index in [0.717, 1.165) is 6.54 Å². The van der Waals surface area contributed by atoms with Crippen molar-refractivity contribution in [1.29, 1.82) is 0 Å². The number of aliphatic hydroxyl groups is 1. The Morgan fingerprint density at radius 2 is 2.04 bits per heavy atom. The van der Waals surface area contributed by atoms with Crippen molar-refractivity contribution in [3.8, 4) is 5.88 Å². The molecular formula is C19H26FN5O2. The Morgan fingerprint density at radius 3 is 2.63 bits per heavy atom. The number of halogens is 1. The largest absolute Gasteiger partial charge is 0.480 e. The van der Waals surface area contributed by atoms with E-state index in [1.165, 1.54) is 6.07 Å². The van der Waals surface area contributed by atoms with E-state index in [1.807, 2.05) is 0 Å². The number of fused-ring (bicyclic) bond motifs is 1. The fraction of sp³-hybridized carbons (Fsp3) is 0.474. The summed E-state index contributed by atoms with van der Waals surface area (Å²) in [5.41, 5.74) is 0.318. The van der Waals surface area contributed by atoms with Crippen LogP contribution in [0.4, 0.5) is 15.9 Å². The van der Waals surface area contributed by atoms with Crippen LogP contribution in [0, 0.1) is 11.7 Å². The number of benzene rings is 1. The maximum atomic E-state index is 14.6. The van der Waals surface area contributed by atoms with E-state index in [0.29, 0.717) is 34.2 Å². The maximum absolute atomic E-state index is 14.6. The molecular weight excluding hydrogens is 349 g/mol. The summed E-state index contributed by atoms with van der Waals surface area (Å²) in [4.78, 5) is 0. The van der Waals surface area contributed by atoms with Gasteiger partial charge in [-0.3, -0.25) is 4.68 Å². The maximum Gasteiger partial charge on any atom is 0.236 e. The fourth-order valence-electron chi connectivity index (χ4n) is 3.12. The van der Waals surface area contributed by atoms with Gasteiger partial charge in [0.15, 0.2) is 5.82 Å². The summed E-state index contributed by atoms with van der Waals surface area (Å²) in [5, 5.41) is 22.8. The molecule has 0 spiro atoms. The second-order valence-electron chi connectivity index (χ2n) is 7.65. The predicted molar refractivity (Wildman–Crippen MR) is 103 cm³/mol. The smallest absolute Gasteiger partial charge is 0.236 e. The van der Waals surface area contributed by atoms with Gasteiger partial charge >= 0.3 is 0 Å². The molecule has 2 N–H and O–H groups in total. The van der Waals surface area contributed by atoms with E-state index in [-0.39, 0.29) is 5.56 Å². The summed E-state index contributed by atoms with van der Waals surface area (Å²) < 4.78 is 23.5. The van der Waals surface area contributed by atoms with E-state index < -0.39 is 11.4 Å². The van der Waals surface area contributed by atoms with Crippen LogP contribution in [0.3, 0.4) is 0 Å². The molecule has 0 aliphatic carbocycles. The molecule has 7 nitrogen and oxygen atoms in total. The predicted octanol–water partition coefficient (Wildman–Crippen LogP) is 3.54. The Kier molecular flexibility index (Phi) is 4.86. The lowest BCUT2D eigenvalue weighted by atomic mass is 9.96. The second-order valence-corrected chi connectivity index (χ2v) is 7.65. The molecule has 0 fully saturated rings. The van der Waals surface area contributed by atoms with Crippen LogP contribution in [-0.4, -0.2) is 31.8 Å². The highest BCUT2D eigenvalue weighted by Gasteiger charge is 2.24. The molecule has 0 radical (unpaired) electrons. The average Bonchev–Trinajstić information content (AvgIpc) is 3.06. The van der Waals surface area contributed by atoms with Gasteiger partial charge in [0, 0.05) is 24.5 Å². The van der Waals surface area contributed by atoms with Gasteiger partial charge in [0.2, 0.25) is 5.88 Å². The molecule has 0 unspecified atom stereocenters. The molecule has 0 aliphatic heterocycles. The van der Waals surface area contributed by atoms with Gasteiger partial charge in [0.25, 0.3) is 0 Å². The molecule has 1 aromatic carbocycles. The van der Waals surface area contributed by atoms with Crippen molar-refractivity contribution in [2.45, 2.75) is 39.8 Å². The quantitative estimate of drug-likeness (QED) is 0.689. The minimum atomic E-state index is -1.28. The normalized spacial score (nSPS) is 12.2. The summed E-state index contributed by atoms with van der Waals surface area (Å²) in [6, 6.07) is 3.02. The molecule has 0 saturated heterocycles. The molecule has 3 rings (SSSR count). The summed E-state index contributed by atoms with van der Waals surface area (Å²) in [6.45, 7) is 8.03. The molecule has 0 bridgehead atoms. The zero-order valence-electron chi connectivity index (χ0n) is 16.5. The highest BCUT2D eigenvalue weighted by atomic mass is 19.1. The summed E-state index contributed by atoms with van der Waals surface area (Å²) in [5.74, 6) is 1.03. The Hall–Kier alpha value is -2.61. The van der Waals surface area contributed by atoms with Gasteiger partial charge in [-0.15, -0.1) is 0 Å². The molecule has 0 amide bonds. The van der Waals surface area contributed by atoms with Crippen molar-refractivity contribution in [2.75, 3.05) is 12.4 Å². The Labute approximate surface area is 157 Å². The van der Waals surface area contributed by atoms with Crippen LogP contribution in [0.2, 0.25) is 0 Å². The van der Waals surface area contributed by atoms with Gasteiger partial charge in [0.1, 0.15) is 11.5 Å². The average molecular weight is 375 g/mol. The summed E-state index contributed by atoms with van der Waals surface area (Å²) in [7, 11) is 3.36. The highest BCUT2D eigenvalue weighted by Crippen LogP contribution is 2.34. The van der Waals surface area contributed by atoms with Crippen LogP contribution in [0.15, 0.2) is 18.3 Å². The third kappa shape index (κ3) is 3.62. The van der Waals surface area contributed by atoms with E-state index in [9.17, 15) is 9.50 Å². The molecule has 0 saturated carbocycles. The molecule has 2 aromatic heterocycles. The Balaban J connectivity index is 2.04. The molecule has 3 aromatic rings. The number of ether oxygens (including phenoxy) is 1. The van der Waals surface area contributed by atoms with Crippen molar-refractivity contribution in [2.24, 2.45) is 13.0 Å². The number of aromatic nitrogens is 4. The third-order valence-electron chi connectivity index (χ3n) is 4.37. The number of nitrogens with one attached hydrogen (secondary N) is 1. The Bertz CT molecular complexity index is 969. The molecule has 0 aliphatic rings. The van der Waals surface area contributed by atoms with Crippen LogP contribution in [0.5, 0.6) is 5.88 Å². The van der Waals surface area contributed by atoms with Crippen molar-refractivity contribution in [1.82, 2.24) is 19.6 Å². The Morgan fingerprint density at radius 1 is 1.33 bits per heavy atom. The fourth-order valence-corrected chi connectivity index (χ4v) is 3.12. The number of hydrogen-bond acceptors (Lipinski definition) is 5. The van der Waals surface area contributed by atoms with Gasteiger partial charge < -0.3 is 15.2 Å². The number of hydrogen-bond donors (Lipinski definition) is 2. The molecule has 146 valence electrons. The number of anilines is 2. The molecule has 8 heteroatoms. The van der Waals surface area contributed by atoms with Gasteiger partial charge in [-0.25, -0.2) is 9.07 Å². The van der Waals surface area contributed by atoms with Crippen molar-refractivity contribution in [3.05, 3.63) is 29.7 Å². The van der Waals surface area contributed by atoms with Gasteiger partial charge in [-0.2, -0.15) is 10.2 Å². The lowest BCUT2D eigenvalue weighted by molar-refractivity contribution is 0.0747. The summed E-state index contributed by atoms with van der Waals surface area (Å²) >= 11 is 0.